The van der Waals surface area contributed by atoms with Crippen molar-refractivity contribution in [3.05, 3.63) is 58.9 Å². The van der Waals surface area contributed by atoms with Gasteiger partial charge in [-0.15, -0.1) is 0 Å². The summed E-state index contributed by atoms with van der Waals surface area (Å²) in [7, 11) is 0. The van der Waals surface area contributed by atoms with Crippen LogP contribution in [0.2, 0.25) is 0 Å². The molecule has 1 unspecified atom stereocenters. The number of rotatable bonds is 6. The molecule has 0 aliphatic heterocycles. The van der Waals surface area contributed by atoms with Gasteiger partial charge in [0.15, 0.2) is 12.7 Å². The Bertz CT molecular complexity index is 796. The Morgan fingerprint density at radius 2 is 1.73 bits per heavy atom. The highest BCUT2D eigenvalue weighted by Crippen LogP contribution is 2.24. The van der Waals surface area contributed by atoms with Crippen LogP contribution in [0.5, 0.6) is 5.75 Å². The Morgan fingerprint density at radius 3 is 2.35 bits per heavy atom. The van der Waals surface area contributed by atoms with Crippen molar-refractivity contribution in [3.63, 3.8) is 0 Å². The van der Waals surface area contributed by atoms with Crippen LogP contribution in [-0.2, 0) is 14.3 Å². The Labute approximate surface area is 152 Å². The van der Waals surface area contributed by atoms with Crippen molar-refractivity contribution in [3.8, 4) is 5.75 Å². The van der Waals surface area contributed by atoms with E-state index in [-0.39, 0.29) is 12.3 Å². The highest BCUT2D eigenvalue weighted by molar-refractivity contribution is 5.95. The highest BCUT2D eigenvalue weighted by Gasteiger charge is 2.19. The second-order valence-corrected chi connectivity index (χ2v) is 6.12. The number of para-hydroxylation sites is 1. The van der Waals surface area contributed by atoms with Gasteiger partial charge in [0.2, 0.25) is 0 Å². The number of anilines is 1. The van der Waals surface area contributed by atoms with Crippen LogP contribution in [0.1, 0.15) is 23.6 Å². The van der Waals surface area contributed by atoms with Crippen LogP contribution in [0.15, 0.2) is 36.4 Å². The molecule has 0 aliphatic rings. The summed E-state index contributed by atoms with van der Waals surface area (Å²) < 4.78 is 24.1. The summed E-state index contributed by atoms with van der Waals surface area (Å²) in [6.45, 7) is 6.86. The first kappa shape index (κ1) is 19.4. The summed E-state index contributed by atoms with van der Waals surface area (Å²) in [6.07, 6.45) is -1.08. The molecule has 0 saturated heterocycles. The molecule has 0 saturated carbocycles. The lowest BCUT2D eigenvalue weighted by molar-refractivity contribution is -0.155. The van der Waals surface area contributed by atoms with Crippen molar-refractivity contribution >= 4 is 17.6 Å². The predicted molar refractivity (Wildman–Crippen MR) is 96.7 cm³/mol. The average molecular weight is 359 g/mol. The topological polar surface area (TPSA) is 64.6 Å². The van der Waals surface area contributed by atoms with Crippen molar-refractivity contribution in [1.82, 2.24) is 0 Å². The second kappa shape index (κ2) is 8.47. The minimum atomic E-state index is -1.08. The minimum Gasteiger partial charge on any atom is -0.481 e. The molecule has 2 aromatic rings. The largest absolute Gasteiger partial charge is 0.481 e. The van der Waals surface area contributed by atoms with Crippen LogP contribution in [0.25, 0.3) is 0 Å². The molecule has 2 rings (SSSR count). The van der Waals surface area contributed by atoms with E-state index in [1.807, 2.05) is 32.9 Å². The molecule has 0 aromatic heterocycles. The lowest BCUT2D eigenvalue weighted by atomic mass is 10.1. The normalized spacial score (nSPS) is 11.6. The number of halogens is 1. The van der Waals surface area contributed by atoms with Crippen LogP contribution in [0.4, 0.5) is 10.1 Å². The number of ether oxygens (including phenoxy) is 2. The molecule has 0 radical (unpaired) electrons. The summed E-state index contributed by atoms with van der Waals surface area (Å²) in [5.74, 6) is -1.24. The molecule has 1 amide bonds. The molecule has 0 spiro atoms. The first-order valence-corrected chi connectivity index (χ1v) is 8.23. The van der Waals surface area contributed by atoms with E-state index in [2.05, 4.69) is 5.32 Å². The fourth-order valence-electron chi connectivity index (χ4n) is 2.61. The third-order valence-corrected chi connectivity index (χ3v) is 3.75. The van der Waals surface area contributed by atoms with E-state index in [0.717, 1.165) is 16.7 Å². The number of benzene rings is 2. The van der Waals surface area contributed by atoms with Gasteiger partial charge >= 0.3 is 5.97 Å². The third kappa shape index (κ3) is 5.05. The van der Waals surface area contributed by atoms with Gasteiger partial charge in [-0.25, -0.2) is 9.18 Å². The van der Waals surface area contributed by atoms with E-state index in [1.54, 1.807) is 6.07 Å². The molecule has 0 bridgehead atoms. The summed E-state index contributed by atoms with van der Waals surface area (Å²) in [5.41, 5.74) is 2.97. The summed E-state index contributed by atoms with van der Waals surface area (Å²) in [6, 6.07) is 9.67. The molecular weight excluding hydrogens is 337 g/mol. The number of amides is 1. The lowest BCUT2D eigenvalue weighted by Crippen LogP contribution is -2.32. The van der Waals surface area contributed by atoms with Crippen molar-refractivity contribution in [1.29, 1.82) is 0 Å². The quantitative estimate of drug-likeness (QED) is 0.799. The van der Waals surface area contributed by atoms with Crippen molar-refractivity contribution in [2.75, 3.05) is 11.9 Å². The first-order chi connectivity index (χ1) is 12.3. The number of nitrogens with one attached hydrogen (secondary N) is 1. The molecular formula is C20H22FNO4. The Morgan fingerprint density at radius 1 is 1.12 bits per heavy atom. The van der Waals surface area contributed by atoms with Crippen LogP contribution in [0.3, 0.4) is 0 Å². The zero-order valence-electron chi connectivity index (χ0n) is 15.3. The summed E-state index contributed by atoms with van der Waals surface area (Å²) >= 11 is 0. The van der Waals surface area contributed by atoms with E-state index in [4.69, 9.17) is 9.47 Å². The number of carbonyl (C=O) groups is 2. The van der Waals surface area contributed by atoms with Gasteiger partial charge in [0, 0.05) is 0 Å². The fraction of sp³-hybridized carbons (Fsp3) is 0.300. The summed E-state index contributed by atoms with van der Waals surface area (Å²) in [5, 5.41) is 2.38. The van der Waals surface area contributed by atoms with E-state index < -0.39 is 23.8 Å². The lowest BCUT2D eigenvalue weighted by Gasteiger charge is -2.16. The minimum absolute atomic E-state index is 0.0301. The predicted octanol–water partition coefficient (Wildman–Crippen LogP) is 3.70. The van der Waals surface area contributed by atoms with Crippen LogP contribution in [0, 0.1) is 26.6 Å². The first-order valence-electron chi connectivity index (χ1n) is 8.23. The van der Waals surface area contributed by atoms with Crippen LogP contribution in [-0.4, -0.2) is 24.6 Å². The average Bonchev–Trinajstić information content (AvgIpc) is 2.55. The van der Waals surface area contributed by atoms with Crippen LogP contribution < -0.4 is 10.1 Å². The summed E-state index contributed by atoms with van der Waals surface area (Å²) in [4.78, 5) is 24.0. The molecule has 5 nitrogen and oxygen atoms in total. The number of hydrogen-bond donors (Lipinski definition) is 1. The van der Waals surface area contributed by atoms with E-state index in [0.29, 0.717) is 5.75 Å². The molecule has 1 atom stereocenters. The van der Waals surface area contributed by atoms with Gasteiger partial charge < -0.3 is 14.8 Å². The molecule has 6 heteroatoms. The maximum atomic E-state index is 13.5. The molecule has 1 N–H and O–H groups in total. The Balaban J connectivity index is 1.89. The molecule has 138 valence electrons. The third-order valence-electron chi connectivity index (χ3n) is 3.75. The fourth-order valence-corrected chi connectivity index (χ4v) is 2.61. The van der Waals surface area contributed by atoms with E-state index in [9.17, 15) is 14.0 Å². The molecule has 26 heavy (non-hydrogen) atoms. The Kier molecular flexibility index (Phi) is 6.33. The number of hydrogen-bond acceptors (Lipinski definition) is 4. The standard InChI is InChI=1S/C20H22FNO4/c1-12-9-13(2)19(14(3)10-12)25-11-18(23)26-15(4)20(24)22-17-8-6-5-7-16(17)21/h5-10,15H,11H2,1-4H3,(H,22,24). The highest BCUT2D eigenvalue weighted by atomic mass is 19.1. The maximum absolute atomic E-state index is 13.5. The van der Waals surface area contributed by atoms with Gasteiger partial charge in [-0.1, -0.05) is 29.8 Å². The maximum Gasteiger partial charge on any atom is 0.344 e. The van der Waals surface area contributed by atoms with Gasteiger partial charge in [0.05, 0.1) is 5.69 Å². The SMILES string of the molecule is Cc1cc(C)c(OCC(=O)OC(C)C(=O)Nc2ccccc2F)c(C)c1. The molecule has 0 heterocycles. The number of carbonyl (C=O) groups excluding carboxylic acids is 2. The second-order valence-electron chi connectivity index (χ2n) is 6.12. The molecule has 0 fully saturated rings. The van der Waals surface area contributed by atoms with Gasteiger partial charge in [-0.05, 0) is 51.0 Å². The van der Waals surface area contributed by atoms with Gasteiger partial charge in [-0.3, -0.25) is 4.79 Å². The number of esters is 1. The molecule has 2 aromatic carbocycles. The molecule has 0 aliphatic carbocycles. The van der Waals surface area contributed by atoms with Crippen molar-refractivity contribution in [2.24, 2.45) is 0 Å². The van der Waals surface area contributed by atoms with Crippen molar-refractivity contribution < 1.29 is 23.5 Å². The zero-order chi connectivity index (χ0) is 19.3. The monoisotopic (exact) mass is 359 g/mol. The van der Waals surface area contributed by atoms with Gasteiger partial charge in [0.25, 0.3) is 5.91 Å². The van der Waals surface area contributed by atoms with Gasteiger partial charge in [-0.2, -0.15) is 0 Å². The number of aryl methyl sites for hydroxylation is 3. The smallest absolute Gasteiger partial charge is 0.344 e. The van der Waals surface area contributed by atoms with Crippen LogP contribution >= 0.6 is 0 Å². The van der Waals surface area contributed by atoms with E-state index >= 15 is 0 Å². The van der Waals surface area contributed by atoms with Crippen molar-refractivity contribution in [2.45, 2.75) is 33.8 Å². The zero-order valence-corrected chi connectivity index (χ0v) is 15.3. The van der Waals surface area contributed by atoms with E-state index in [1.165, 1.54) is 25.1 Å². The Hall–Kier alpha value is -2.89. The van der Waals surface area contributed by atoms with Gasteiger partial charge in [0.1, 0.15) is 11.6 Å².